The van der Waals surface area contributed by atoms with Crippen LogP contribution in [0.15, 0.2) is 0 Å². The first-order chi connectivity index (χ1) is 15.3. The molecule has 0 radical (unpaired) electrons. The Bertz CT molecular complexity index is 340. The Hall–Kier alpha value is -0.530. The maximum absolute atomic E-state index is 10.7. The third kappa shape index (κ3) is 29.5. The van der Waals surface area contributed by atoms with Crippen molar-refractivity contribution >= 4 is 5.97 Å². The van der Waals surface area contributed by atoms with Crippen LogP contribution in [0.2, 0.25) is 0 Å². The molecular weight excluding hydrogens is 380 g/mol. The Morgan fingerprint density at radius 2 is 0.645 bits per heavy atom. The second-order valence-electron chi connectivity index (χ2n) is 9.83. The van der Waals surface area contributed by atoms with Crippen LogP contribution in [0.5, 0.6) is 0 Å². The van der Waals surface area contributed by atoms with Crippen molar-refractivity contribution in [2.24, 2.45) is 0 Å². The quantitative estimate of drug-likeness (QED) is 0.0991. The molecule has 31 heavy (non-hydrogen) atoms. The molecule has 0 aliphatic heterocycles. The van der Waals surface area contributed by atoms with Crippen molar-refractivity contribution in [1.82, 2.24) is 0 Å². The normalized spacial score (nSPS) is 11.2. The summed E-state index contributed by atoms with van der Waals surface area (Å²) in [5.74, 6) is -0.149. The summed E-state index contributed by atoms with van der Waals surface area (Å²) in [5, 5.41) is 0. The smallest absolute Gasteiger partial charge is 0.302 e. The van der Waals surface area contributed by atoms with Gasteiger partial charge in [0.25, 0.3) is 0 Å². The van der Waals surface area contributed by atoms with Crippen LogP contribution in [-0.2, 0) is 9.53 Å². The summed E-state index contributed by atoms with van der Waals surface area (Å²) in [6.45, 7) is 4.39. The monoisotopic (exact) mass is 438 g/mol. The van der Waals surface area contributed by atoms with E-state index >= 15 is 0 Å². The van der Waals surface area contributed by atoms with Crippen LogP contribution in [-0.4, -0.2) is 12.6 Å². The summed E-state index contributed by atoms with van der Waals surface area (Å²) in [4.78, 5) is 10.7. The van der Waals surface area contributed by atoms with Crippen molar-refractivity contribution in [1.29, 1.82) is 0 Å². The molecule has 0 aromatic heterocycles. The lowest BCUT2D eigenvalue weighted by atomic mass is 10.0. The molecule has 0 bridgehead atoms. The predicted molar refractivity (Wildman–Crippen MR) is 138 cm³/mol. The Kier molecular flexibility index (Phi) is 27.0. The number of carbonyl (C=O) groups excluding carboxylic acids is 1. The standard InChI is InChI=1S/C29H58O2/c1-3-4-5-6-7-8-9-10-11-12-13-14-15-16-17-18-19-20-21-22-23-24-25-26-27-28-31-29(2)30/h3-28H2,1-2H3. The van der Waals surface area contributed by atoms with Gasteiger partial charge in [-0.3, -0.25) is 4.79 Å². The van der Waals surface area contributed by atoms with E-state index in [1.807, 2.05) is 0 Å². The minimum absolute atomic E-state index is 0.149. The Morgan fingerprint density at radius 1 is 0.419 bits per heavy atom. The number of hydrogen-bond acceptors (Lipinski definition) is 2. The van der Waals surface area contributed by atoms with Gasteiger partial charge in [0.1, 0.15) is 0 Å². The number of carbonyl (C=O) groups is 1. The Morgan fingerprint density at radius 3 is 0.871 bits per heavy atom. The summed E-state index contributed by atoms with van der Waals surface area (Å²) in [5.41, 5.74) is 0. The molecule has 0 saturated heterocycles. The molecule has 0 fully saturated rings. The van der Waals surface area contributed by atoms with Crippen molar-refractivity contribution in [3.05, 3.63) is 0 Å². The van der Waals surface area contributed by atoms with Gasteiger partial charge in [-0.25, -0.2) is 0 Å². The van der Waals surface area contributed by atoms with E-state index in [0.29, 0.717) is 6.61 Å². The zero-order valence-electron chi connectivity index (χ0n) is 21.7. The first-order valence-corrected chi connectivity index (χ1v) is 14.4. The van der Waals surface area contributed by atoms with Crippen LogP contribution < -0.4 is 0 Å². The van der Waals surface area contributed by atoms with Crippen LogP contribution in [0.25, 0.3) is 0 Å². The van der Waals surface area contributed by atoms with Crippen molar-refractivity contribution in [2.75, 3.05) is 6.61 Å². The summed E-state index contributed by atoms with van der Waals surface area (Å²) >= 11 is 0. The van der Waals surface area contributed by atoms with E-state index in [0.717, 1.165) is 6.42 Å². The molecule has 0 aromatic carbocycles. The molecule has 0 unspecified atom stereocenters. The summed E-state index contributed by atoms with van der Waals surface area (Å²) in [6.07, 6.45) is 35.3. The lowest BCUT2D eigenvalue weighted by molar-refractivity contribution is -0.141. The van der Waals surface area contributed by atoms with E-state index in [4.69, 9.17) is 4.74 Å². The van der Waals surface area contributed by atoms with Gasteiger partial charge in [-0.2, -0.15) is 0 Å². The Labute approximate surface area is 196 Å². The van der Waals surface area contributed by atoms with Gasteiger partial charge in [0, 0.05) is 6.92 Å². The van der Waals surface area contributed by atoms with Gasteiger partial charge in [0.05, 0.1) is 6.61 Å². The largest absolute Gasteiger partial charge is 0.466 e. The molecule has 0 aliphatic carbocycles. The summed E-state index contributed by atoms with van der Waals surface area (Å²) in [6, 6.07) is 0. The number of hydrogen-bond donors (Lipinski definition) is 0. The van der Waals surface area contributed by atoms with Crippen LogP contribution in [0, 0.1) is 0 Å². The highest BCUT2D eigenvalue weighted by atomic mass is 16.5. The fourth-order valence-corrected chi connectivity index (χ4v) is 4.46. The van der Waals surface area contributed by atoms with Crippen LogP contribution >= 0.6 is 0 Å². The van der Waals surface area contributed by atoms with Crippen LogP contribution in [0.1, 0.15) is 174 Å². The fourth-order valence-electron chi connectivity index (χ4n) is 4.46. The minimum atomic E-state index is -0.149. The van der Waals surface area contributed by atoms with Gasteiger partial charge in [0.15, 0.2) is 0 Å². The van der Waals surface area contributed by atoms with Gasteiger partial charge in [-0.1, -0.05) is 161 Å². The zero-order valence-corrected chi connectivity index (χ0v) is 21.7. The van der Waals surface area contributed by atoms with Gasteiger partial charge in [0.2, 0.25) is 0 Å². The third-order valence-electron chi connectivity index (χ3n) is 6.55. The van der Waals surface area contributed by atoms with E-state index in [1.54, 1.807) is 0 Å². The molecule has 0 saturated carbocycles. The van der Waals surface area contributed by atoms with Gasteiger partial charge < -0.3 is 4.74 Å². The molecule has 0 atom stereocenters. The Balaban J connectivity index is 3.00. The van der Waals surface area contributed by atoms with E-state index in [2.05, 4.69) is 6.92 Å². The van der Waals surface area contributed by atoms with Gasteiger partial charge in [-0.05, 0) is 6.42 Å². The maximum atomic E-state index is 10.7. The third-order valence-corrected chi connectivity index (χ3v) is 6.55. The van der Waals surface area contributed by atoms with E-state index in [-0.39, 0.29) is 5.97 Å². The highest BCUT2D eigenvalue weighted by Gasteiger charge is 1.97. The van der Waals surface area contributed by atoms with Crippen LogP contribution in [0.4, 0.5) is 0 Å². The lowest BCUT2D eigenvalue weighted by Gasteiger charge is -2.04. The molecule has 2 heteroatoms. The molecule has 0 aliphatic rings. The fraction of sp³-hybridized carbons (Fsp3) is 0.966. The van der Waals surface area contributed by atoms with Crippen molar-refractivity contribution in [3.63, 3.8) is 0 Å². The van der Waals surface area contributed by atoms with Gasteiger partial charge in [-0.15, -0.1) is 0 Å². The summed E-state index contributed by atoms with van der Waals surface area (Å²) in [7, 11) is 0. The highest BCUT2D eigenvalue weighted by Crippen LogP contribution is 2.15. The number of esters is 1. The van der Waals surface area contributed by atoms with Crippen molar-refractivity contribution in [2.45, 2.75) is 174 Å². The van der Waals surface area contributed by atoms with E-state index in [1.165, 1.54) is 161 Å². The molecule has 0 amide bonds. The number of unbranched alkanes of at least 4 members (excludes halogenated alkanes) is 24. The molecule has 186 valence electrons. The molecule has 0 heterocycles. The minimum Gasteiger partial charge on any atom is -0.466 e. The maximum Gasteiger partial charge on any atom is 0.302 e. The second-order valence-corrected chi connectivity index (χ2v) is 9.83. The average Bonchev–Trinajstić information content (AvgIpc) is 2.76. The molecule has 0 spiro atoms. The molecule has 2 nitrogen and oxygen atoms in total. The molecule has 0 rings (SSSR count). The SMILES string of the molecule is CCCCCCCCCCCCCCCCCCCCCCCCCCCOC(C)=O. The topological polar surface area (TPSA) is 26.3 Å². The van der Waals surface area contributed by atoms with Crippen molar-refractivity contribution < 1.29 is 9.53 Å². The predicted octanol–water partition coefficient (Wildman–Crippen LogP) is 10.3. The number of rotatable bonds is 26. The van der Waals surface area contributed by atoms with E-state index < -0.39 is 0 Å². The van der Waals surface area contributed by atoms with E-state index in [9.17, 15) is 4.79 Å². The first-order valence-electron chi connectivity index (χ1n) is 14.4. The lowest BCUT2D eigenvalue weighted by Crippen LogP contribution is -2.00. The zero-order chi connectivity index (χ0) is 22.7. The van der Waals surface area contributed by atoms with Gasteiger partial charge >= 0.3 is 5.97 Å². The molecular formula is C29H58O2. The summed E-state index contributed by atoms with van der Waals surface area (Å²) < 4.78 is 4.96. The molecule has 0 aromatic rings. The van der Waals surface area contributed by atoms with Crippen LogP contribution in [0.3, 0.4) is 0 Å². The highest BCUT2D eigenvalue weighted by molar-refractivity contribution is 5.65. The first kappa shape index (κ1) is 30.5. The second kappa shape index (κ2) is 27.5. The number of ether oxygens (including phenoxy) is 1. The van der Waals surface area contributed by atoms with Crippen molar-refractivity contribution in [3.8, 4) is 0 Å². The molecule has 0 N–H and O–H groups in total. The average molecular weight is 439 g/mol.